The Morgan fingerprint density at radius 1 is 0.840 bits per heavy atom. The van der Waals surface area contributed by atoms with Gasteiger partial charge in [-0.2, -0.15) is 0 Å². The molecule has 0 aliphatic heterocycles. The second kappa shape index (κ2) is 7.18. The van der Waals surface area contributed by atoms with E-state index in [0.717, 1.165) is 16.9 Å². The Morgan fingerprint density at radius 2 is 1.56 bits per heavy atom. The van der Waals surface area contributed by atoms with Crippen LogP contribution in [0.25, 0.3) is 0 Å². The van der Waals surface area contributed by atoms with E-state index in [2.05, 4.69) is 41.6 Å². The molecule has 0 bridgehead atoms. The maximum Gasteiger partial charge on any atom is 0.255 e. The summed E-state index contributed by atoms with van der Waals surface area (Å²) in [5.41, 5.74) is 5.88. The number of anilines is 3. The SMILES string of the molecule is Cc1ccc(NC(=O)c2ccnc(Nc3ccc(C)c(C)c3)c2)cc1. The summed E-state index contributed by atoms with van der Waals surface area (Å²) in [6.45, 7) is 6.16. The first kappa shape index (κ1) is 16.7. The molecule has 25 heavy (non-hydrogen) atoms. The smallest absolute Gasteiger partial charge is 0.255 e. The van der Waals surface area contributed by atoms with Crippen molar-refractivity contribution in [3.05, 3.63) is 83.0 Å². The lowest BCUT2D eigenvalue weighted by Crippen LogP contribution is -2.12. The van der Waals surface area contributed by atoms with Crippen LogP contribution in [0, 0.1) is 20.8 Å². The van der Waals surface area contributed by atoms with Crippen molar-refractivity contribution in [2.24, 2.45) is 0 Å². The van der Waals surface area contributed by atoms with Gasteiger partial charge in [0.15, 0.2) is 0 Å². The molecule has 3 rings (SSSR count). The van der Waals surface area contributed by atoms with E-state index >= 15 is 0 Å². The summed E-state index contributed by atoms with van der Waals surface area (Å²) in [6, 6.07) is 17.3. The number of amides is 1. The minimum Gasteiger partial charge on any atom is -0.340 e. The minimum atomic E-state index is -0.158. The first-order valence-electron chi connectivity index (χ1n) is 8.19. The number of carbonyl (C=O) groups excluding carboxylic acids is 1. The zero-order valence-corrected chi connectivity index (χ0v) is 14.6. The lowest BCUT2D eigenvalue weighted by atomic mass is 10.1. The van der Waals surface area contributed by atoms with Crippen molar-refractivity contribution in [3.63, 3.8) is 0 Å². The fourth-order valence-corrected chi connectivity index (χ4v) is 2.45. The first-order valence-corrected chi connectivity index (χ1v) is 8.19. The molecule has 0 saturated carbocycles. The molecule has 1 amide bonds. The summed E-state index contributed by atoms with van der Waals surface area (Å²) < 4.78 is 0. The largest absolute Gasteiger partial charge is 0.340 e. The molecular weight excluding hydrogens is 310 g/mol. The number of nitrogens with one attached hydrogen (secondary N) is 2. The maximum absolute atomic E-state index is 12.4. The Kier molecular flexibility index (Phi) is 4.80. The molecule has 0 aliphatic carbocycles. The van der Waals surface area contributed by atoms with E-state index < -0.39 is 0 Å². The summed E-state index contributed by atoms with van der Waals surface area (Å²) in [5.74, 6) is 0.481. The molecule has 2 aromatic carbocycles. The van der Waals surface area contributed by atoms with Crippen molar-refractivity contribution in [2.45, 2.75) is 20.8 Å². The molecule has 2 N–H and O–H groups in total. The summed E-state index contributed by atoms with van der Waals surface area (Å²) in [4.78, 5) is 16.7. The molecular formula is C21H21N3O. The molecule has 0 aliphatic rings. The fourth-order valence-electron chi connectivity index (χ4n) is 2.45. The third-order valence-corrected chi connectivity index (χ3v) is 4.11. The van der Waals surface area contributed by atoms with Crippen LogP contribution < -0.4 is 10.6 Å². The average molecular weight is 331 g/mol. The van der Waals surface area contributed by atoms with Crippen molar-refractivity contribution < 1.29 is 4.79 Å². The summed E-state index contributed by atoms with van der Waals surface area (Å²) >= 11 is 0. The summed E-state index contributed by atoms with van der Waals surface area (Å²) in [5, 5.41) is 6.15. The van der Waals surface area contributed by atoms with Crippen molar-refractivity contribution in [1.29, 1.82) is 0 Å². The van der Waals surface area contributed by atoms with Gasteiger partial charge >= 0.3 is 0 Å². The fraction of sp³-hybridized carbons (Fsp3) is 0.143. The predicted octanol–water partition coefficient (Wildman–Crippen LogP) is 5.00. The Morgan fingerprint density at radius 3 is 2.28 bits per heavy atom. The number of pyridine rings is 1. The molecule has 0 atom stereocenters. The number of rotatable bonds is 4. The van der Waals surface area contributed by atoms with Crippen LogP contribution in [0.4, 0.5) is 17.2 Å². The monoisotopic (exact) mass is 331 g/mol. The van der Waals surface area contributed by atoms with Crippen LogP contribution in [0.3, 0.4) is 0 Å². The minimum absolute atomic E-state index is 0.158. The van der Waals surface area contributed by atoms with Crippen LogP contribution in [0.5, 0.6) is 0 Å². The quantitative estimate of drug-likeness (QED) is 0.707. The van der Waals surface area contributed by atoms with Crippen LogP contribution in [-0.4, -0.2) is 10.9 Å². The Bertz CT molecular complexity index is 901. The molecule has 0 unspecified atom stereocenters. The van der Waals surface area contributed by atoms with Gasteiger partial charge < -0.3 is 10.6 Å². The van der Waals surface area contributed by atoms with Gasteiger partial charge in [-0.3, -0.25) is 4.79 Å². The highest BCUT2D eigenvalue weighted by Gasteiger charge is 2.08. The van der Waals surface area contributed by atoms with E-state index in [4.69, 9.17) is 0 Å². The molecule has 4 nitrogen and oxygen atoms in total. The zero-order valence-electron chi connectivity index (χ0n) is 14.6. The molecule has 0 radical (unpaired) electrons. The Labute approximate surface area is 147 Å². The van der Waals surface area contributed by atoms with Gasteiger partial charge in [0.25, 0.3) is 5.91 Å². The van der Waals surface area contributed by atoms with Crippen LogP contribution >= 0.6 is 0 Å². The number of aryl methyl sites for hydroxylation is 3. The highest BCUT2D eigenvalue weighted by Crippen LogP contribution is 2.19. The van der Waals surface area contributed by atoms with Crippen LogP contribution in [-0.2, 0) is 0 Å². The molecule has 126 valence electrons. The van der Waals surface area contributed by atoms with E-state index in [1.165, 1.54) is 11.1 Å². The molecule has 0 spiro atoms. The lowest BCUT2D eigenvalue weighted by molar-refractivity contribution is 0.102. The van der Waals surface area contributed by atoms with Gasteiger partial charge in [-0.1, -0.05) is 23.8 Å². The highest BCUT2D eigenvalue weighted by molar-refractivity contribution is 6.04. The normalized spacial score (nSPS) is 10.4. The van der Waals surface area contributed by atoms with Crippen molar-refractivity contribution >= 4 is 23.1 Å². The standard InChI is InChI=1S/C21H21N3O/c1-14-4-7-18(8-5-14)24-21(25)17-10-11-22-20(13-17)23-19-9-6-15(2)16(3)12-19/h4-13H,1-3H3,(H,22,23)(H,24,25). The van der Waals surface area contributed by atoms with E-state index in [1.54, 1.807) is 18.3 Å². The van der Waals surface area contributed by atoms with Crippen LogP contribution in [0.15, 0.2) is 60.8 Å². The Hall–Kier alpha value is -3.14. The number of aromatic nitrogens is 1. The van der Waals surface area contributed by atoms with E-state index in [9.17, 15) is 4.79 Å². The lowest BCUT2D eigenvalue weighted by Gasteiger charge is -2.10. The van der Waals surface area contributed by atoms with Gasteiger partial charge in [0.05, 0.1) is 0 Å². The van der Waals surface area contributed by atoms with Crippen molar-refractivity contribution in [3.8, 4) is 0 Å². The third kappa shape index (κ3) is 4.23. The number of carbonyl (C=O) groups is 1. The van der Waals surface area contributed by atoms with Gasteiger partial charge in [0.2, 0.25) is 0 Å². The molecule has 3 aromatic rings. The predicted molar refractivity (Wildman–Crippen MR) is 103 cm³/mol. The molecule has 0 fully saturated rings. The topological polar surface area (TPSA) is 54.0 Å². The van der Waals surface area contributed by atoms with Gasteiger partial charge in [-0.15, -0.1) is 0 Å². The van der Waals surface area contributed by atoms with Gasteiger partial charge in [0.1, 0.15) is 5.82 Å². The van der Waals surface area contributed by atoms with Crippen molar-refractivity contribution in [1.82, 2.24) is 4.98 Å². The summed E-state index contributed by atoms with van der Waals surface area (Å²) in [6.07, 6.45) is 1.63. The second-order valence-corrected chi connectivity index (χ2v) is 6.17. The average Bonchev–Trinajstić information content (AvgIpc) is 2.60. The first-order chi connectivity index (χ1) is 12.0. The van der Waals surface area contributed by atoms with E-state index in [0.29, 0.717) is 11.4 Å². The second-order valence-electron chi connectivity index (χ2n) is 6.17. The number of nitrogens with zero attached hydrogens (tertiary/aromatic N) is 1. The molecule has 4 heteroatoms. The molecule has 1 aromatic heterocycles. The zero-order chi connectivity index (χ0) is 17.8. The number of hydrogen-bond donors (Lipinski definition) is 2. The van der Waals surface area contributed by atoms with Crippen LogP contribution in [0.1, 0.15) is 27.0 Å². The highest BCUT2D eigenvalue weighted by atomic mass is 16.1. The van der Waals surface area contributed by atoms with E-state index in [1.807, 2.05) is 37.3 Å². The number of hydrogen-bond acceptors (Lipinski definition) is 3. The van der Waals surface area contributed by atoms with Crippen molar-refractivity contribution in [2.75, 3.05) is 10.6 Å². The third-order valence-electron chi connectivity index (χ3n) is 4.11. The molecule has 1 heterocycles. The van der Waals surface area contributed by atoms with E-state index in [-0.39, 0.29) is 5.91 Å². The number of benzene rings is 2. The molecule has 0 saturated heterocycles. The maximum atomic E-state index is 12.4. The van der Waals surface area contributed by atoms with Gasteiger partial charge in [-0.25, -0.2) is 4.98 Å². The Balaban J connectivity index is 1.75. The van der Waals surface area contributed by atoms with Gasteiger partial charge in [-0.05, 0) is 68.3 Å². The van der Waals surface area contributed by atoms with Gasteiger partial charge in [0, 0.05) is 23.1 Å². The summed E-state index contributed by atoms with van der Waals surface area (Å²) in [7, 11) is 0. The van der Waals surface area contributed by atoms with Crippen LogP contribution in [0.2, 0.25) is 0 Å².